The maximum absolute atomic E-state index is 5.74. The van der Waals surface area contributed by atoms with Gasteiger partial charge in [0, 0.05) is 25.3 Å². The molecule has 1 aromatic rings. The molecule has 4 heteroatoms. The highest BCUT2D eigenvalue weighted by Gasteiger charge is 2.21. The Bertz CT molecular complexity index is 381. The molecule has 0 spiro atoms. The lowest BCUT2D eigenvalue weighted by Crippen LogP contribution is -2.31. The normalized spacial score (nSPS) is 20.7. The summed E-state index contributed by atoms with van der Waals surface area (Å²) in [6.45, 7) is 5.39. The first kappa shape index (κ1) is 15.5. The summed E-state index contributed by atoms with van der Waals surface area (Å²) in [6, 6.07) is 3.16. The highest BCUT2D eigenvalue weighted by molar-refractivity contribution is 5.02. The molecule has 114 valence electrons. The minimum Gasteiger partial charge on any atom is -0.378 e. The number of nitrogens with one attached hydrogen (secondary N) is 1. The predicted molar refractivity (Wildman–Crippen MR) is 82.0 cm³/mol. The van der Waals surface area contributed by atoms with Gasteiger partial charge in [-0.2, -0.15) is 5.10 Å². The molecule has 2 atom stereocenters. The number of nitrogens with zero attached hydrogens (tertiary/aromatic N) is 2. The average molecular weight is 279 g/mol. The Morgan fingerprint density at radius 2 is 2.25 bits per heavy atom. The van der Waals surface area contributed by atoms with Crippen LogP contribution >= 0.6 is 0 Å². The monoisotopic (exact) mass is 279 g/mol. The number of ether oxygens (including phenoxy) is 1. The van der Waals surface area contributed by atoms with E-state index in [4.69, 9.17) is 9.84 Å². The van der Waals surface area contributed by atoms with E-state index in [1.807, 2.05) is 7.05 Å². The Morgan fingerprint density at radius 3 is 2.85 bits per heavy atom. The molecule has 2 heterocycles. The summed E-state index contributed by atoms with van der Waals surface area (Å²) >= 11 is 0. The van der Waals surface area contributed by atoms with Crippen molar-refractivity contribution in [2.75, 3.05) is 13.7 Å². The van der Waals surface area contributed by atoms with Crippen molar-refractivity contribution in [3.8, 4) is 0 Å². The summed E-state index contributed by atoms with van der Waals surface area (Å²) in [5, 5.41) is 8.17. The van der Waals surface area contributed by atoms with E-state index in [2.05, 4.69) is 36.1 Å². The fourth-order valence-corrected chi connectivity index (χ4v) is 3.06. The minimum absolute atomic E-state index is 0.438. The minimum atomic E-state index is 0.438. The molecule has 0 aromatic carbocycles. The molecule has 0 radical (unpaired) electrons. The van der Waals surface area contributed by atoms with Gasteiger partial charge in [-0.1, -0.05) is 13.8 Å². The number of hydrogen-bond acceptors (Lipinski definition) is 3. The zero-order valence-corrected chi connectivity index (χ0v) is 13.1. The van der Waals surface area contributed by atoms with Crippen LogP contribution in [0.2, 0.25) is 0 Å². The van der Waals surface area contributed by atoms with Crippen LogP contribution in [0, 0.1) is 0 Å². The Morgan fingerprint density at radius 1 is 1.45 bits per heavy atom. The van der Waals surface area contributed by atoms with Gasteiger partial charge in [0.15, 0.2) is 0 Å². The Kier molecular flexibility index (Phi) is 6.05. The number of aromatic nitrogens is 2. The molecule has 1 aromatic heterocycles. The van der Waals surface area contributed by atoms with Crippen LogP contribution in [-0.2, 0) is 11.2 Å². The maximum Gasteiger partial charge on any atom is 0.0640 e. The van der Waals surface area contributed by atoms with Crippen molar-refractivity contribution in [2.24, 2.45) is 0 Å². The topological polar surface area (TPSA) is 39.1 Å². The van der Waals surface area contributed by atoms with Gasteiger partial charge in [0.2, 0.25) is 0 Å². The van der Waals surface area contributed by atoms with Crippen molar-refractivity contribution >= 4 is 0 Å². The summed E-state index contributed by atoms with van der Waals surface area (Å²) in [5.41, 5.74) is 1.19. The van der Waals surface area contributed by atoms with Gasteiger partial charge < -0.3 is 10.1 Å². The van der Waals surface area contributed by atoms with Gasteiger partial charge >= 0.3 is 0 Å². The Labute approximate surface area is 122 Å². The van der Waals surface area contributed by atoms with Crippen LogP contribution in [0.1, 0.15) is 57.7 Å². The van der Waals surface area contributed by atoms with E-state index in [1.165, 1.54) is 18.5 Å². The lowest BCUT2D eigenvalue weighted by atomic mass is 10.0. The Balaban J connectivity index is 1.90. The molecule has 2 unspecified atom stereocenters. The lowest BCUT2D eigenvalue weighted by Gasteiger charge is -2.19. The molecular weight excluding hydrogens is 250 g/mol. The summed E-state index contributed by atoms with van der Waals surface area (Å²) in [6.07, 6.45) is 9.36. The van der Waals surface area contributed by atoms with E-state index in [-0.39, 0.29) is 0 Å². The fourth-order valence-electron chi connectivity index (χ4n) is 3.06. The third-order valence-corrected chi connectivity index (χ3v) is 4.42. The highest BCUT2D eigenvalue weighted by Crippen LogP contribution is 2.19. The van der Waals surface area contributed by atoms with Crippen molar-refractivity contribution in [3.63, 3.8) is 0 Å². The van der Waals surface area contributed by atoms with Gasteiger partial charge in [0.1, 0.15) is 0 Å². The standard InChI is InChI=1S/C16H29N3O/c1-4-15(5-2)19-9-8-13(18-19)11-14(17-3)12-16-7-6-10-20-16/h8-9,14-17H,4-7,10-12H2,1-3H3. The van der Waals surface area contributed by atoms with E-state index in [0.29, 0.717) is 18.2 Å². The van der Waals surface area contributed by atoms with Crippen LogP contribution in [0.25, 0.3) is 0 Å². The third kappa shape index (κ3) is 4.06. The maximum atomic E-state index is 5.74. The summed E-state index contributed by atoms with van der Waals surface area (Å²) < 4.78 is 7.87. The van der Waals surface area contributed by atoms with Crippen LogP contribution in [0.15, 0.2) is 12.3 Å². The van der Waals surface area contributed by atoms with Gasteiger partial charge in [-0.15, -0.1) is 0 Å². The molecule has 4 nitrogen and oxygen atoms in total. The lowest BCUT2D eigenvalue weighted by molar-refractivity contribution is 0.0953. The molecule has 2 rings (SSSR count). The molecule has 1 aliphatic rings. The molecule has 20 heavy (non-hydrogen) atoms. The summed E-state index contributed by atoms with van der Waals surface area (Å²) in [7, 11) is 2.04. The Hall–Kier alpha value is -0.870. The first-order valence-corrected chi connectivity index (χ1v) is 8.09. The molecule has 1 saturated heterocycles. The van der Waals surface area contributed by atoms with E-state index < -0.39 is 0 Å². The second kappa shape index (κ2) is 7.79. The third-order valence-electron chi connectivity index (χ3n) is 4.42. The molecule has 0 amide bonds. The van der Waals surface area contributed by atoms with Crippen LogP contribution in [0.5, 0.6) is 0 Å². The first-order valence-electron chi connectivity index (χ1n) is 8.09. The molecule has 1 N–H and O–H groups in total. The zero-order chi connectivity index (χ0) is 14.4. The number of rotatable bonds is 8. The van der Waals surface area contributed by atoms with E-state index in [9.17, 15) is 0 Å². The van der Waals surface area contributed by atoms with Crippen molar-refractivity contribution in [1.29, 1.82) is 0 Å². The summed E-state index contributed by atoms with van der Waals surface area (Å²) in [5.74, 6) is 0. The molecular formula is C16H29N3O. The smallest absolute Gasteiger partial charge is 0.0640 e. The van der Waals surface area contributed by atoms with E-state index in [1.54, 1.807) is 0 Å². The van der Waals surface area contributed by atoms with Crippen LogP contribution in [-0.4, -0.2) is 35.6 Å². The van der Waals surface area contributed by atoms with Crippen LogP contribution < -0.4 is 5.32 Å². The SMILES string of the molecule is CCC(CC)n1ccc(CC(CC2CCCO2)NC)n1. The van der Waals surface area contributed by atoms with Gasteiger partial charge in [0.05, 0.1) is 17.8 Å². The van der Waals surface area contributed by atoms with Crippen molar-refractivity contribution in [3.05, 3.63) is 18.0 Å². The average Bonchev–Trinajstić information content (AvgIpc) is 3.12. The second-order valence-corrected chi connectivity index (χ2v) is 5.82. The molecule has 0 saturated carbocycles. The molecule has 1 fully saturated rings. The summed E-state index contributed by atoms with van der Waals surface area (Å²) in [4.78, 5) is 0. The fraction of sp³-hybridized carbons (Fsp3) is 0.812. The van der Waals surface area contributed by atoms with E-state index in [0.717, 1.165) is 32.3 Å². The van der Waals surface area contributed by atoms with Gasteiger partial charge in [-0.05, 0) is 45.2 Å². The quantitative estimate of drug-likeness (QED) is 0.795. The number of hydrogen-bond donors (Lipinski definition) is 1. The first-order chi connectivity index (χ1) is 9.76. The number of likely N-dealkylation sites (N-methyl/N-ethyl adjacent to an activating group) is 1. The van der Waals surface area contributed by atoms with Gasteiger partial charge in [-0.3, -0.25) is 4.68 Å². The second-order valence-electron chi connectivity index (χ2n) is 5.82. The van der Waals surface area contributed by atoms with Crippen LogP contribution in [0.4, 0.5) is 0 Å². The largest absolute Gasteiger partial charge is 0.378 e. The van der Waals surface area contributed by atoms with Gasteiger partial charge in [-0.25, -0.2) is 0 Å². The molecule has 1 aliphatic heterocycles. The van der Waals surface area contributed by atoms with Crippen molar-refractivity contribution in [1.82, 2.24) is 15.1 Å². The molecule has 0 bridgehead atoms. The predicted octanol–water partition coefficient (Wildman–Crippen LogP) is 2.94. The zero-order valence-electron chi connectivity index (χ0n) is 13.1. The highest BCUT2D eigenvalue weighted by atomic mass is 16.5. The van der Waals surface area contributed by atoms with Crippen molar-refractivity contribution in [2.45, 2.75) is 70.6 Å². The van der Waals surface area contributed by atoms with E-state index >= 15 is 0 Å². The van der Waals surface area contributed by atoms with Gasteiger partial charge in [0.25, 0.3) is 0 Å². The van der Waals surface area contributed by atoms with Crippen LogP contribution in [0.3, 0.4) is 0 Å². The van der Waals surface area contributed by atoms with Crippen molar-refractivity contribution < 1.29 is 4.74 Å². The molecule has 0 aliphatic carbocycles.